The van der Waals surface area contributed by atoms with E-state index in [0.29, 0.717) is 5.92 Å². The molecule has 1 N–H and O–H groups in total. The molecule has 0 bridgehead atoms. The summed E-state index contributed by atoms with van der Waals surface area (Å²) >= 11 is 3.48. The summed E-state index contributed by atoms with van der Waals surface area (Å²) in [5, 5.41) is 0.867. The molecule has 6 heteroatoms. The molecule has 0 aromatic heterocycles. The Morgan fingerprint density at radius 2 is 1.94 bits per heavy atom. The minimum atomic E-state index is -3.34. The fourth-order valence-corrected chi connectivity index (χ4v) is 4.29. The molecule has 0 spiro atoms. The van der Waals surface area contributed by atoms with E-state index in [-0.39, 0.29) is 12.1 Å². The molecule has 0 heterocycles. The van der Waals surface area contributed by atoms with Crippen LogP contribution in [-0.4, -0.2) is 37.2 Å². The van der Waals surface area contributed by atoms with Gasteiger partial charge < -0.3 is 0 Å². The molecule has 0 aromatic rings. The molecule has 2 unspecified atom stereocenters. The number of nitrogens with zero attached hydrogens (tertiary/aromatic N) is 1. The van der Waals surface area contributed by atoms with Crippen LogP contribution in [0, 0.1) is 5.92 Å². The molecule has 4 nitrogen and oxygen atoms in total. The molecule has 1 fully saturated rings. The van der Waals surface area contributed by atoms with E-state index in [2.05, 4.69) is 20.7 Å². The van der Waals surface area contributed by atoms with Gasteiger partial charge >= 0.3 is 0 Å². The molecule has 102 valence electrons. The van der Waals surface area contributed by atoms with E-state index >= 15 is 0 Å². The maximum Gasteiger partial charge on any atom is 0.279 e. The van der Waals surface area contributed by atoms with Gasteiger partial charge in [0.25, 0.3) is 10.2 Å². The van der Waals surface area contributed by atoms with Gasteiger partial charge in [-0.2, -0.15) is 17.4 Å². The van der Waals surface area contributed by atoms with E-state index in [4.69, 9.17) is 0 Å². The molecule has 0 radical (unpaired) electrons. The Morgan fingerprint density at radius 3 is 2.47 bits per heavy atom. The van der Waals surface area contributed by atoms with E-state index in [1.54, 1.807) is 7.05 Å². The topological polar surface area (TPSA) is 49.4 Å². The largest absolute Gasteiger partial charge is 0.279 e. The fraction of sp³-hybridized carbons (Fsp3) is 1.00. The molecule has 1 saturated carbocycles. The highest BCUT2D eigenvalue weighted by molar-refractivity contribution is 9.09. The maximum atomic E-state index is 12.1. The van der Waals surface area contributed by atoms with Crippen molar-refractivity contribution >= 4 is 26.1 Å². The van der Waals surface area contributed by atoms with Crippen LogP contribution in [0.3, 0.4) is 0 Å². The molecule has 17 heavy (non-hydrogen) atoms. The number of rotatable bonds is 5. The van der Waals surface area contributed by atoms with Crippen LogP contribution in [0.15, 0.2) is 0 Å². The van der Waals surface area contributed by atoms with Crippen LogP contribution in [0.5, 0.6) is 0 Å². The first-order valence-corrected chi connectivity index (χ1v) is 8.76. The highest BCUT2D eigenvalue weighted by atomic mass is 79.9. The van der Waals surface area contributed by atoms with Gasteiger partial charge in [-0.25, -0.2) is 0 Å². The van der Waals surface area contributed by atoms with Gasteiger partial charge in [0.1, 0.15) is 0 Å². The van der Waals surface area contributed by atoms with Gasteiger partial charge in [0.05, 0.1) is 0 Å². The fourth-order valence-electron chi connectivity index (χ4n) is 2.10. The van der Waals surface area contributed by atoms with Crippen molar-refractivity contribution in [2.24, 2.45) is 5.92 Å². The standard InChI is InChI=1S/C11H23BrN2O2S/c1-9(2)14(3)17(15,16)13-11-7-5-4-6-10(11)8-12/h9-11,13H,4-8H2,1-3H3. The summed E-state index contributed by atoms with van der Waals surface area (Å²) in [6.45, 7) is 3.75. The monoisotopic (exact) mass is 326 g/mol. The molecular weight excluding hydrogens is 304 g/mol. The molecular formula is C11H23BrN2O2S. The van der Waals surface area contributed by atoms with Gasteiger partial charge in [0, 0.05) is 24.5 Å². The van der Waals surface area contributed by atoms with Crippen molar-refractivity contribution < 1.29 is 8.42 Å². The summed E-state index contributed by atoms with van der Waals surface area (Å²) in [5.74, 6) is 0.416. The van der Waals surface area contributed by atoms with E-state index < -0.39 is 10.2 Å². The van der Waals surface area contributed by atoms with Crippen molar-refractivity contribution in [3.63, 3.8) is 0 Å². The van der Waals surface area contributed by atoms with E-state index in [1.165, 1.54) is 10.7 Å². The second-order valence-corrected chi connectivity index (χ2v) is 7.45. The number of nitrogens with one attached hydrogen (secondary N) is 1. The van der Waals surface area contributed by atoms with Gasteiger partial charge in [-0.3, -0.25) is 0 Å². The summed E-state index contributed by atoms with van der Waals surface area (Å²) in [6, 6.07) is 0.0628. The number of halogens is 1. The van der Waals surface area contributed by atoms with Crippen molar-refractivity contribution in [1.82, 2.24) is 9.03 Å². The average Bonchev–Trinajstić information content (AvgIpc) is 2.28. The van der Waals surface area contributed by atoms with Crippen LogP contribution in [0.1, 0.15) is 39.5 Å². The van der Waals surface area contributed by atoms with Crippen LogP contribution in [0.4, 0.5) is 0 Å². The summed E-state index contributed by atoms with van der Waals surface area (Å²) in [6.07, 6.45) is 4.36. The van der Waals surface area contributed by atoms with Crippen LogP contribution in [-0.2, 0) is 10.2 Å². The molecule has 0 saturated heterocycles. The minimum Gasteiger partial charge on any atom is -0.199 e. The molecule has 1 aliphatic rings. The van der Waals surface area contributed by atoms with Gasteiger partial charge in [-0.05, 0) is 32.6 Å². The Bertz CT molecular complexity index is 332. The van der Waals surface area contributed by atoms with Crippen molar-refractivity contribution in [3.8, 4) is 0 Å². The second kappa shape index (κ2) is 6.50. The molecule has 1 aliphatic carbocycles. The van der Waals surface area contributed by atoms with Crippen LogP contribution < -0.4 is 4.72 Å². The van der Waals surface area contributed by atoms with E-state index in [1.807, 2.05) is 13.8 Å². The Morgan fingerprint density at radius 1 is 1.35 bits per heavy atom. The summed E-state index contributed by atoms with van der Waals surface area (Å²) in [7, 11) is -1.72. The summed E-state index contributed by atoms with van der Waals surface area (Å²) in [5.41, 5.74) is 0. The minimum absolute atomic E-state index is 0.0153. The van der Waals surface area contributed by atoms with Crippen LogP contribution in [0.2, 0.25) is 0 Å². The Hall–Kier alpha value is 0.350. The summed E-state index contributed by atoms with van der Waals surface area (Å²) < 4.78 is 28.4. The smallest absolute Gasteiger partial charge is 0.199 e. The first kappa shape index (κ1) is 15.4. The maximum absolute atomic E-state index is 12.1. The first-order valence-electron chi connectivity index (χ1n) is 6.19. The zero-order chi connectivity index (χ0) is 13.1. The van der Waals surface area contributed by atoms with Gasteiger partial charge in [-0.15, -0.1) is 0 Å². The lowest BCUT2D eigenvalue weighted by molar-refractivity contribution is 0.305. The van der Waals surface area contributed by atoms with E-state index in [9.17, 15) is 8.42 Å². The van der Waals surface area contributed by atoms with Crippen LogP contribution in [0.25, 0.3) is 0 Å². The van der Waals surface area contributed by atoms with Gasteiger partial charge in [0.15, 0.2) is 0 Å². The predicted octanol–water partition coefficient (Wildman–Crippen LogP) is 2.11. The lowest BCUT2D eigenvalue weighted by atomic mass is 9.87. The Labute approximate surface area is 113 Å². The van der Waals surface area contributed by atoms with Crippen molar-refractivity contribution in [1.29, 1.82) is 0 Å². The number of alkyl halides is 1. The van der Waals surface area contributed by atoms with E-state index in [0.717, 1.165) is 24.6 Å². The third kappa shape index (κ3) is 4.19. The Balaban J connectivity index is 2.68. The lowest BCUT2D eigenvalue weighted by Crippen LogP contribution is -2.49. The molecule has 0 amide bonds. The van der Waals surface area contributed by atoms with Gasteiger partial charge in [-0.1, -0.05) is 28.8 Å². The quantitative estimate of drug-likeness (QED) is 0.787. The first-order chi connectivity index (χ1) is 7.88. The van der Waals surface area contributed by atoms with Crippen molar-refractivity contribution in [2.45, 2.75) is 51.6 Å². The number of hydrogen-bond donors (Lipinski definition) is 1. The average molecular weight is 327 g/mol. The Kier molecular flexibility index (Phi) is 5.89. The SMILES string of the molecule is CC(C)N(C)S(=O)(=O)NC1CCCCC1CBr. The second-order valence-electron chi connectivity index (χ2n) is 5.04. The summed E-state index contributed by atoms with van der Waals surface area (Å²) in [4.78, 5) is 0. The van der Waals surface area contributed by atoms with Crippen molar-refractivity contribution in [3.05, 3.63) is 0 Å². The van der Waals surface area contributed by atoms with Crippen LogP contribution >= 0.6 is 15.9 Å². The van der Waals surface area contributed by atoms with Crippen molar-refractivity contribution in [2.75, 3.05) is 12.4 Å². The highest BCUT2D eigenvalue weighted by Gasteiger charge is 2.30. The third-order valence-electron chi connectivity index (χ3n) is 3.51. The predicted molar refractivity (Wildman–Crippen MR) is 74.5 cm³/mol. The number of hydrogen-bond acceptors (Lipinski definition) is 2. The van der Waals surface area contributed by atoms with Gasteiger partial charge in [0.2, 0.25) is 0 Å². The molecule has 0 aliphatic heterocycles. The normalized spacial score (nSPS) is 26.7. The molecule has 2 atom stereocenters. The molecule has 0 aromatic carbocycles. The highest BCUT2D eigenvalue weighted by Crippen LogP contribution is 2.26. The molecule has 1 rings (SSSR count). The zero-order valence-electron chi connectivity index (χ0n) is 10.8. The third-order valence-corrected chi connectivity index (χ3v) is 6.13. The zero-order valence-corrected chi connectivity index (χ0v) is 13.2. The lowest BCUT2D eigenvalue weighted by Gasteiger charge is -2.32.